The Morgan fingerprint density at radius 2 is 2.16 bits per heavy atom. The van der Waals surface area contributed by atoms with Crippen molar-refractivity contribution in [2.75, 3.05) is 7.05 Å². The van der Waals surface area contributed by atoms with Gasteiger partial charge in [0.05, 0.1) is 11.0 Å². The number of hydrogen-bond acceptors (Lipinski definition) is 2. The van der Waals surface area contributed by atoms with E-state index in [0.717, 1.165) is 18.4 Å². The quantitative estimate of drug-likeness (QED) is 0.910. The lowest BCUT2D eigenvalue weighted by atomic mass is 10.2. The van der Waals surface area contributed by atoms with Crippen molar-refractivity contribution in [3.8, 4) is 0 Å². The van der Waals surface area contributed by atoms with Crippen molar-refractivity contribution in [3.63, 3.8) is 0 Å². The lowest BCUT2D eigenvalue weighted by molar-refractivity contribution is 0.486. The highest BCUT2D eigenvalue weighted by Crippen LogP contribution is 2.34. The van der Waals surface area contributed by atoms with Crippen LogP contribution in [0, 0.1) is 0 Å². The van der Waals surface area contributed by atoms with Gasteiger partial charge in [-0.15, -0.1) is 0 Å². The minimum Gasteiger partial charge on any atom is -0.325 e. The highest BCUT2D eigenvalue weighted by molar-refractivity contribution is 5.76. The molecule has 1 heterocycles. The van der Waals surface area contributed by atoms with Crippen LogP contribution >= 0.6 is 0 Å². The van der Waals surface area contributed by atoms with Crippen molar-refractivity contribution in [1.29, 1.82) is 0 Å². The Labute approximate surface area is 115 Å². The maximum atomic E-state index is 4.84. The molecule has 2 aromatic rings. The lowest BCUT2D eigenvalue weighted by Gasteiger charge is -2.17. The van der Waals surface area contributed by atoms with E-state index >= 15 is 0 Å². The molecule has 1 aliphatic carbocycles. The smallest absolute Gasteiger partial charge is 0.110 e. The molecule has 3 heteroatoms. The number of rotatable bonds is 4. The second-order valence-electron chi connectivity index (χ2n) is 5.59. The fourth-order valence-corrected chi connectivity index (χ4v) is 3.36. The molecule has 2 atom stereocenters. The average molecular weight is 257 g/mol. The largest absolute Gasteiger partial charge is 0.325 e. The molecule has 2 unspecified atom stereocenters. The molecule has 0 amide bonds. The molecule has 1 N–H and O–H groups in total. The van der Waals surface area contributed by atoms with Crippen LogP contribution in [-0.2, 0) is 6.42 Å². The third-order valence-electron chi connectivity index (χ3n) is 4.32. The van der Waals surface area contributed by atoms with E-state index in [1.54, 1.807) is 0 Å². The first kappa shape index (κ1) is 12.7. The van der Waals surface area contributed by atoms with Gasteiger partial charge in [-0.05, 0) is 44.9 Å². The summed E-state index contributed by atoms with van der Waals surface area (Å²) in [6, 6.07) is 9.84. The number of nitrogens with zero attached hydrogens (tertiary/aromatic N) is 2. The van der Waals surface area contributed by atoms with Crippen molar-refractivity contribution >= 4 is 11.0 Å². The third-order valence-corrected chi connectivity index (χ3v) is 4.32. The van der Waals surface area contributed by atoms with Gasteiger partial charge in [-0.2, -0.15) is 0 Å². The SMILES string of the molecule is CCCc1nc2ccccc2n1C1CCC(NC)C1. The molecule has 0 saturated heterocycles. The summed E-state index contributed by atoms with van der Waals surface area (Å²) >= 11 is 0. The molecule has 1 aromatic heterocycles. The van der Waals surface area contributed by atoms with Crippen molar-refractivity contribution < 1.29 is 0 Å². The number of aromatic nitrogens is 2. The van der Waals surface area contributed by atoms with Gasteiger partial charge in [0.1, 0.15) is 5.82 Å². The second kappa shape index (κ2) is 5.33. The molecule has 1 fully saturated rings. The van der Waals surface area contributed by atoms with Gasteiger partial charge in [0, 0.05) is 18.5 Å². The van der Waals surface area contributed by atoms with Crippen LogP contribution in [0.1, 0.15) is 44.5 Å². The standard InChI is InChI=1S/C16H23N3/c1-3-6-16-18-14-7-4-5-8-15(14)19(16)13-10-9-12(11-13)17-2/h4-5,7-8,12-13,17H,3,6,9-11H2,1-2H3. The molecule has 0 bridgehead atoms. The van der Waals surface area contributed by atoms with Crippen LogP contribution in [0.5, 0.6) is 0 Å². The van der Waals surface area contributed by atoms with Crippen molar-refractivity contribution in [1.82, 2.24) is 14.9 Å². The fraction of sp³-hybridized carbons (Fsp3) is 0.562. The molecule has 0 radical (unpaired) electrons. The number of aryl methyl sites for hydroxylation is 1. The topological polar surface area (TPSA) is 29.9 Å². The Bertz CT molecular complexity index is 558. The Hall–Kier alpha value is -1.35. The van der Waals surface area contributed by atoms with E-state index in [2.05, 4.69) is 48.1 Å². The van der Waals surface area contributed by atoms with Crippen molar-refractivity contribution in [3.05, 3.63) is 30.1 Å². The molecule has 19 heavy (non-hydrogen) atoms. The predicted molar refractivity (Wildman–Crippen MR) is 79.5 cm³/mol. The first-order valence-corrected chi connectivity index (χ1v) is 7.46. The molecule has 0 spiro atoms. The van der Waals surface area contributed by atoms with E-state index in [1.165, 1.54) is 30.6 Å². The van der Waals surface area contributed by atoms with Gasteiger partial charge < -0.3 is 9.88 Å². The Morgan fingerprint density at radius 3 is 2.89 bits per heavy atom. The molecule has 3 rings (SSSR count). The summed E-state index contributed by atoms with van der Waals surface area (Å²) in [5, 5.41) is 3.42. The molecule has 1 aromatic carbocycles. The summed E-state index contributed by atoms with van der Waals surface area (Å²) in [4.78, 5) is 4.84. The zero-order chi connectivity index (χ0) is 13.2. The number of hydrogen-bond donors (Lipinski definition) is 1. The molecule has 102 valence electrons. The van der Waals surface area contributed by atoms with Crippen LogP contribution in [0.25, 0.3) is 11.0 Å². The Morgan fingerprint density at radius 1 is 1.32 bits per heavy atom. The zero-order valence-electron chi connectivity index (χ0n) is 11.9. The number of para-hydroxylation sites is 2. The van der Waals surface area contributed by atoms with Crippen LogP contribution in [0.2, 0.25) is 0 Å². The number of nitrogens with one attached hydrogen (secondary N) is 1. The van der Waals surface area contributed by atoms with Crippen LogP contribution in [0.15, 0.2) is 24.3 Å². The van der Waals surface area contributed by atoms with E-state index in [0.29, 0.717) is 12.1 Å². The maximum absolute atomic E-state index is 4.84. The number of imidazole rings is 1. The zero-order valence-corrected chi connectivity index (χ0v) is 11.9. The monoisotopic (exact) mass is 257 g/mol. The Kier molecular flexibility index (Phi) is 3.56. The fourth-order valence-electron chi connectivity index (χ4n) is 3.36. The van der Waals surface area contributed by atoms with Crippen LogP contribution in [0.4, 0.5) is 0 Å². The summed E-state index contributed by atoms with van der Waals surface area (Å²) in [5.41, 5.74) is 2.46. The first-order chi connectivity index (χ1) is 9.33. The van der Waals surface area contributed by atoms with Gasteiger partial charge in [0.25, 0.3) is 0 Å². The minimum atomic E-state index is 0.617. The maximum Gasteiger partial charge on any atom is 0.110 e. The lowest BCUT2D eigenvalue weighted by Crippen LogP contribution is -2.22. The van der Waals surface area contributed by atoms with Gasteiger partial charge in [-0.1, -0.05) is 19.1 Å². The summed E-state index contributed by atoms with van der Waals surface area (Å²) < 4.78 is 2.51. The Balaban J connectivity index is 2.02. The molecular formula is C16H23N3. The molecule has 0 aliphatic heterocycles. The van der Waals surface area contributed by atoms with Gasteiger partial charge in [0.2, 0.25) is 0 Å². The summed E-state index contributed by atoms with van der Waals surface area (Å²) in [6.07, 6.45) is 6.01. The van der Waals surface area contributed by atoms with Gasteiger partial charge in [-0.3, -0.25) is 0 Å². The first-order valence-electron chi connectivity index (χ1n) is 7.46. The van der Waals surface area contributed by atoms with Gasteiger partial charge in [-0.25, -0.2) is 4.98 Å². The van der Waals surface area contributed by atoms with E-state index in [4.69, 9.17) is 4.98 Å². The third kappa shape index (κ3) is 2.27. The summed E-state index contributed by atoms with van der Waals surface area (Å²) in [7, 11) is 2.08. The van der Waals surface area contributed by atoms with E-state index in [9.17, 15) is 0 Å². The molecule has 1 aliphatic rings. The van der Waals surface area contributed by atoms with Gasteiger partial charge >= 0.3 is 0 Å². The van der Waals surface area contributed by atoms with Crippen molar-refractivity contribution in [2.24, 2.45) is 0 Å². The number of benzene rings is 1. The van der Waals surface area contributed by atoms with E-state index in [-0.39, 0.29) is 0 Å². The van der Waals surface area contributed by atoms with Crippen LogP contribution < -0.4 is 5.32 Å². The normalized spacial score (nSPS) is 23.3. The molecule has 3 nitrogen and oxygen atoms in total. The van der Waals surface area contributed by atoms with Crippen LogP contribution in [-0.4, -0.2) is 22.6 Å². The highest BCUT2D eigenvalue weighted by Gasteiger charge is 2.27. The second-order valence-corrected chi connectivity index (χ2v) is 5.59. The van der Waals surface area contributed by atoms with E-state index < -0.39 is 0 Å². The number of fused-ring (bicyclic) bond motifs is 1. The minimum absolute atomic E-state index is 0.617. The summed E-state index contributed by atoms with van der Waals surface area (Å²) in [6.45, 7) is 2.23. The predicted octanol–water partition coefficient (Wildman–Crippen LogP) is 3.30. The average Bonchev–Trinajstić information content (AvgIpc) is 3.02. The van der Waals surface area contributed by atoms with Crippen LogP contribution in [0.3, 0.4) is 0 Å². The molecular weight excluding hydrogens is 234 g/mol. The molecule has 1 saturated carbocycles. The summed E-state index contributed by atoms with van der Waals surface area (Å²) in [5.74, 6) is 1.27. The van der Waals surface area contributed by atoms with Gasteiger partial charge in [0.15, 0.2) is 0 Å². The highest BCUT2D eigenvalue weighted by atomic mass is 15.1. The van der Waals surface area contributed by atoms with Crippen molar-refractivity contribution in [2.45, 2.75) is 51.1 Å². The van der Waals surface area contributed by atoms with E-state index in [1.807, 2.05) is 0 Å².